The van der Waals surface area contributed by atoms with Crippen LogP contribution in [-0.2, 0) is 11.8 Å². The number of aromatic carboxylic acids is 2. The molecule has 0 radical (unpaired) electrons. The molecule has 5 aromatic rings. The highest BCUT2D eigenvalue weighted by atomic mass is 35.5. The zero-order valence-corrected chi connectivity index (χ0v) is 28.5. The maximum atomic E-state index is 11.6. The van der Waals surface area contributed by atoms with E-state index in [-0.39, 0.29) is 17.5 Å². The highest BCUT2D eigenvalue weighted by Crippen LogP contribution is 2.49. The molecule has 8 heteroatoms. The number of benzene rings is 5. The molecule has 1 unspecified atom stereocenters. The first-order valence-corrected chi connectivity index (χ1v) is 16.6. The number of carboxylic acid groups (broad SMARTS) is 2. The molecule has 0 spiro atoms. The summed E-state index contributed by atoms with van der Waals surface area (Å²) in [7, 11) is 4.45. The molecule has 0 amide bonds. The SMILES string of the molecule is CC(C)CC(N(C)C)C1(c2ccc(Cl)cc2)CCC1.O=C(O)c1cc2ccccc2c(Cc2c(O)c(C(=O)O)cc3ccccc23)c1O. The molecule has 250 valence electrons. The molecule has 1 atom stereocenters. The van der Waals surface area contributed by atoms with Crippen LogP contribution >= 0.6 is 11.6 Å². The third-order valence-corrected chi connectivity index (χ3v) is 9.94. The zero-order valence-electron chi connectivity index (χ0n) is 27.7. The molecule has 0 saturated heterocycles. The lowest BCUT2D eigenvalue weighted by Crippen LogP contribution is -2.52. The van der Waals surface area contributed by atoms with Gasteiger partial charge in [-0.1, -0.05) is 92.5 Å². The van der Waals surface area contributed by atoms with Gasteiger partial charge in [0.25, 0.3) is 0 Å². The molecular formula is C40H42ClNO6. The predicted molar refractivity (Wildman–Crippen MR) is 192 cm³/mol. The Kier molecular flexibility index (Phi) is 10.3. The minimum atomic E-state index is -1.28. The predicted octanol–water partition coefficient (Wildman–Crippen LogP) is 9.13. The molecule has 1 aliphatic carbocycles. The van der Waals surface area contributed by atoms with Crippen molar-refractivity contribution in [2.24, 2.45) is 5.92 Å². The van der Waals surface area contributed by atoms with Crippen LogP contribution in [0.4, 0.5) is 0 Å². The van der Waals surface area contributed by atoms with Crippen LogP contribution in [-0.4, -0.2) is 57.4 Å². The molecule has 1 fully saturated rings. The molecule has 5 aromatic carbocycles. The fourth-order valence-electron chi connectivity index (χ4n) is 7.22. The number of carbonyl (C=O) groups is 2. The third kappa shape index (κ3) is 6.84. The highest BCUT2D eigenvalue weighted by molar-refractivity contribution is 6.30. The van der Waals surface area contributed by atoms with Crippen molar-refractivity contribution in [1.82, 2.24) is 4.90 Å². The standard InChI is InChI=1S/C23H16O6.C17H26ClN/c24-20-16(14-7-3-1-5-12(14)9-18(20)22(26)27)11-17-15-8-4-2-6-13(15)10-19(21(17)25)23(28)29;1-13(2)12-16(19(3)4)17(10-5-11-17)14-6-8-15(18)9-7-14/h1-10,24-25H,11H2,(H,26,27)(H,28,29);6-9,13,16H,5,10-12H2,1-4H3. The Labute approximate surface area is 286 Å². The van der Waals surface area contributed by atoms with Crippen LogP contribution in [0.15, 0.2) is 84.9 Å². The molecular weight excluding hydrogens is 626 g/mol. The van der Waals surface area contributed by atoms with Gasteiger partial charge in [-0.05, 0) is 90.6 Å². The molecule has 0 bridgehead atoms. The quantitative estimate of drug-likeness (QED) is 0.124. The Morgan fingerprint density at radius 2 is 1.23 bits per heavy atom. The van der Waals surface area contributed by atoms with E-state index < -0.39 is 23.4 Å². The Bertz CT molecular complexity index is 1860. The van der Waals surface area contributed by atoms with Gasteiger partial charge in [-0.2, -0.15) is 0 Å². The number of hydrogen-bond donors (Lipinski definition) is 4. The Morgan fingerprint density at radius 1 is 0.771 bits per heavy atom. The van der Waals surface area contributed by atoms with Gasteiger partial charge in [0.05, 0.1) is 0 Å². The highest BCUT2D eigenvalue weighted by Gasteiger charge is 2.46. The second-order valence-electron chi connectivity index (χ2n) is 13.4. The van der Waals surface area contributed by atoms with E-state index in [4.69, 9.17) is 11.6 Å². The van der Waals surface area contributed by atoms with Crippen molar-refractivity contribution in [2.45, 2.75) is 57.4 Å². The van der Waals surface area contributed by atoms with E-state index in [1.54, 1.807) is 48.5 Å². The van der Waals surface area contributed by atoms with Gasteiger partial charge in [0, 0.05) is 34.0 Å². The lowest BCUT2D eigenvalue weighted by molar-refractivity contribution is 0.0682. The number of fused-ring (bicyclic) bond motifs is 2. The summed E-state index contributed by atoms with van der Waals surface area (Å²) in [6, 6.07) is 26.0. The molecule has 0 heterocycles. The van der Waals surface area contributed by atoms with E-state index in [0.29, 0.717) is 44.1 Å². The summed E-state index contributed by atoms with van der Waals surface area (Å²) in [5.41, 5.74) is 1.93. The normalized spacial score (nSPS) is 14.4. The number of hydrogen-bond acceptors (Lipinski definition) is 5. The summed E-state index contributed by atoms with van der Waals surface area (Å²) in [6.07, 6.45) is 5.19. The third-order valence-electron chi connectivity index (χ3n) is 9.69. The average molecular weight is 668 g/mol. The number of likely N-dealkylation sites (N-methyl/N-ethyl adjacent to an activating group) is 1. The van der Waals surface area contributed by atoms with Crippen LogP contribution in [0.3, 0.4) is 0 Å². The summed E-state index contributed by atoms with van der Waals surface area (Å²) in [4.78, 5) is 25.6. The topological polar surface area (TPSA) is 118 Å². The molecule has 1 aliphatic rings. The number of nitrogens with zero attached hydrogens (tertiary/aromatic N) is 1. The van der Waals surface area contributed by atoms with Crippen LogP contribution in [0.1, 0.15) is 76.9 Å². The zero-order chi connectivity index (χ0) is 34.7. The Morgan fingerprint density at radius 3 is 1.60 bits per heavy atom. The van der Waals surface area contributed by atoms with Gasteiger partial charge in [0.1, 0.15) is 22.6 Å². The van der Waals surface area contributed by atoms with Gasteiger partial charge in [0.15, 0.2) is 0 Å². The monoisotopic (exact) mass is 667 g/mol. The fraction of sp³-hybridized carbons (Fsp3) is 0.300. The van der Waals surface area contributed by atoms with Gasteiger partial charge >= 0.3 is 11.9 Å². The first-order chi connectivity index (χ1) is 22.8. The van der Waals surface area contributed by atoms with Crippen LogP contribution in [0.25, 0.3) is 21.5 Å². The number of rotatable bonds is 9. The molecule has 0 aliphatic heterocycles. The maximum Gasteiger partial charge on any atom is 0.339 e. The first kappa shape index (κ1) is 34.7. The second-order valence-corrected chi connectivity index (χ2v) is 13.8. The second kappa shape index (κ2) is 14.3. The lowest BCUT2D eigenvalue weighted by atomic mass is 9.58. The van der Waals surface area contributed by atoms with Crippen LogP contribution in [0, 0.1) is 5.92 Å². The molecule has 4 N–H and O–H groups in total. The molecule has 7 nitrogen and oxygen atoms in total. The summed E-state index contributed by atoms with van der Waals surface area (Å²) in [6.45, 7) is 4.65. The van der Waals surface area contributed by atoms with Gasteiger partial charge in [-0.15, -0.1) is 0 Å². The van der Waals surface area contributed by atoms with Crippen molar-refractivity contribution in [1.29, 1.82) is 0 Å². The van der Waals surface area contributed by atoms with Crippen LogP contribution in [0.5, 0.6) is 11.5 Å². The van der Waals surface area contributed by atoms with E-state index in [2.05, 4.69) is 45.0 Å². The van der Waals surface area contributed by atoms with E-state index in [1.807, 2.05) is 12.1 Å². The summed E-state index contributed by atoms with van der Waals surface area (Å²) in [5, 5.41) is 43.6. The number of aromatic hydroxyl groups is 2. The van der Waals surface area contributed by atoms with Crippen molar-refractivity contribution >= 4 is 45.1 Å². The van der Waals surface area contributed by atoms with Crippen LogP contribution < -0.4 is 0 Å². The van der Waals surface area contributed by atoms with E-state index in [1.165, 1.54) is 43.4 Å². The maximum absolute atomic E-state index is 11.6. The first-order valence-electron chi connectivity index (χ1n) is 16.2. The van der Waals surface area contributed by atoms with Crippen molar-refractivity contribution in [2.75, 3.05) is 14.1 Å². The summed E-state index contributed by atoms with van der Waals surface area (Å²) < 4.78 is 0. The van der Waals surface area contributed by atoms with Crippen LogP contribution in [0.2, 0.25) is 5.02 Å². The summed E-state index contributed by atoms with van der Waals surface area (Å²) >= 11 is 6.04. The van der Waals surface area contributed by atoms with Gasteiger partial charge in [0.2, 0.25) is 0 Å². The van der Waals surface area contributed by atoms with Crippen molar-refractivity contribution < 1.29 is 30.0 Å². The number of phenols is 2. The van der Waals surface area contributed by atoms with Crippen molar-refractivity contribution in [3.05, 3.63) is 118 Å². The molecule has 0 aromatic heterocycles. The van der Waals surface area contributed by atoms with E-state index in [9.17, 15) is 30.0 Å². The summed E-state index contributed by atoms with van der Waals surface area (Å²) in [5.74, 6) is -2.62. The molecule has 48 heavy (non-hydrogen) atoms. The number of carboxylic acids is 2. The largest absolute Gasteiger partial charge is 0.507 e. The van der Waals surface area contributed by atoms with E-state index >= 15 is 0 Å². The lowest BCUT2D eigenvalue weighted by Gasteiger charge is -2.51. The van der Waals surface area contributed by atoms with Crippen molar-refractivity contribution in [3.8, 4) is 11.5 Å². The minimum Gasteiger partial charge on any atom is -0.507 e. The van der Waals surface area contributed by atoms with Crippen molar-refractivity contribution in [3.63, 3.8) is 0 Å². The Hall–Kier alpha value is -4.59. The smallest absolute Gasteiger partial charge is 0.339 e. The fourth-order valence-corrected chi connectivity index (χ4v) is 7.34. The molecule has 6 rings (SSSR count). The van der Waals surface area contributed by atoms with Gasteiger partial charge in [-0.3, -0.25) is 0 Å². The average Bonchev–Trinajstić information content (AvgIpc) is 3.02. The number of halogens is 1. The van der Waals surface area contributed by atoms with Gasteiger partial charge in [-0.25, -0.2) is 9.59 Å². The Balaban J connectivity index is 0.000000206. The van der Waals surface area contributed by atoms with E-state index in [0.717, 1.165) is 10.9 Å². The molecule has 1 saturated carbocycles. The minimum absolute atomic E-state index is 0.0407. The van der Waals surface area contributed by atoms with Gasteiger partial charge < -0.3 is 25.3 Å².